The lowest BCUT2D eigenvalue weighted by atomic mass is 10.3. The van der Waals surface area contributed by atoms with Crippen molar-refractivity contribution in [3.05, 3.63) is 22.2 Å². The van der Waals surface area contributed by atoms with Gasteiger partial charge in [0.2, 0.25) is 5.91 Å². The molecule has 0 unspecified atom stereocenters. The number of hydrogen-bond donors (Lipinski definition) is 1. The van der Waals surface area contributed by atoms with E-state index in [1.54, 1.807) is 0 Å². The van der Waals surface area contributed by atoms with Gasteiger partial charge in [0.25, 0.3) is 0 Å². The maximum absolute atomic E-state index is 11.7. The summed E-state index contributed by atoms with van der Waals surface area (Å²) in [6, 6.07) is 3.01. The van der Waals surface area contributed by atoms with Gasteiger partial charge in [-0.25, -0.2) is 0 Å². The van der Waals surface area contributed by atoms with Crippen LogP contribution >= 0.6 is 35.0 Å². The van der Waals surface area contributed by atoms with E-state index < -0.39 is 5.97 Å². The first-order valence-electron chi connectivity index (χ1n) is 6.02. The minimum Gasteiger partial charge on any atom is -0.549 e. The van der Waals surface area contributed by atoms with Gasteiger partial charge >= 0.3 is 0 Å². The normalized spacial score (nSPS) is 10.5. The number of rotatable bonds is 7. The van der Waals surface area contributed by atoms with E-state index in [1.165, 1.54) is 12.1 Å². The van der Waals surface area contributed by atoms with Crippen LogP contribution in [0.3, 0.4) is 0 Å². The highest BCUT2D eigenvalue weighted by molar-refractivity contribution is 8.00. The fraction of sp³-hybridized carbons (Fsp3) is 0.385. The van der Waals surface area contributed by atoms with Gasteiger partial charge in [0.1, 0.15) is 5.75 Å². The molecule has 0 atom stereocenters. The third-order valence-corrected chi connectivity index (χ3v) is 3.63. The van der Waals surface area contributed by atoms with Crippen molar-refractivity contribution >= 4 is 52.5 Å². The second kappa shape index (κ2) is 8.36. The summed E-state index contributed by atoms with van der Waals surface area (Å²) in [6.45, 7) is 3.69. The molecule has 0 aliphatic heterocycles. The van der Waals surface area contributed by atoms with E-state index in [-0.39, 0.29) is 28.5 Å². The molecule has 5 nitrogen and oxygen atoms in total. The van der Waals surface area contributed by atoms with E-state index in [0.717, 1.165) is 11.8 Å². The third kappa shape index (κ3) is 6.46. The first-order chi connectivity index (χ1) is 9.79. The number of carbonyl (C=O) groups is 2. The van der Waals surface area contributed by atoms with Crippen molar-refractivity contribution in [2.75, 3.05) is 16.8 Å². The van der Waals surface area contributed by atoms with Gasteiger partial charge in [-0.1, -0.05) is 23.2 Å². The summed E-state index contributed by atoms with van der Waals surface area (Å²) < 4.78 is 5.50. The van der Waals surface area contributed by atoms with Crippen LogP contribution in [0.4, 0.5) is 5.69 Å². The van der Waals surface area contributed by atoms with Gasteiger partial charge in [0, 0.05) is 11.8 Å². The van der Waals surface area contributed by atoms with Crippen molar-refractivity contribution in [3.8, 4) is 5.75 Å². The molecule has 0 aliphatic carbocycles. The summed E-state index contributed by atoms with van der Waals surface area (Å²) in [6.07, 6.45) is -0.0779. The molecular formula is C13H14Cl2NO4S-. The Morgan fingerprint density at radius 3 is 2.52 bits per heavy atom. The topological polar surface area (TPSA) is 78.5 Å². The summed E-state index contributed by atoms with van der Waals surface area (Å²) in [5.41, 5.74) is 0.357. The summed E-state index contributed by atoms with van der Waals surface area (Å²) in [5.74, 6) is -1.45. The predicted molar refractivity (Wildman–Crippen MR) is 83.2 cm³/mol. The Labute approximate surface area is 136 Å². The lowest BCUT2D eigenvalue weighted by Crippen LogP contribution is -2.25. The van der Waals surface area contributed by atoms with Crippen molar-refractivity contribution in [1.29, 1.82) is 0 Å². The summed E-state index contributed by atoms with van der Waals surface area (Å²) in [5, 5.41) is 13.5. The van der Waals surface area contributed by atoms with Crippen LogP contribution in [0.2, 0.25) is 10.0 Å². The summed E-state index contributed by atoms with van der Waals surface area (Å²) in [4.78, 5) is 21.9. The number of anilines is 1. The Hall–Kier alpha value is -1.11. The molecule has 1 aromatic carbocycles. The molecule has 0 bridgehead atoms. The van der Waals surface area contributed by atoms with Crippen molar-refractivity contribution in [2.45, 2.75) is 20.0 Å². The minimum absolute atomic E-state index is 0.0205. The van der Waals surface area contributed by atoms with Crippen molar-refractivity contribution in [3.63, 3.8) is 0 Å². The van der Waals surface area contributed by atoms with Crippen LogP contribution < -0.4 is 15.2 Å². The van der Waals surface area contributed by atoms with E-state index in [2.05, 4.69) is 5.32 Å². The number of carboxylic acid groups (broad SMARTS) is 1. The highest BCUT2D eigenvalue weighted by atomic mass is 35.5. The number of aliphatic carboxylic acids is 1. The lowest BCUT2D eigenvalue weighted by Gasteiger charge is -2.14. The Balaban J connectivity index is 2.73. The lowest BCUT2D eigenvalue weighted by molar-refractivity contribution is -0.301. The monoisotopic (exact) mass is 350 g/mol. The van der Waals surface area contributed by atoms with Crippen LogP contribution in [-0.2, 0) is 9.59 Å². The molecule has 0 radical (unpaired) electrons. The fourth-order valence-corrected chi connectivity index (χ4v) is 2.38. The quantitative estimate of drug-likeness (QED) is 0.815. The average Bonchev–Trinajstić information content (AvgIpc) is 2.34. The van der Waals surface area contributed by atoms with Gasteiger partial charge < -0.3 is 20.0 Å². The van der Waals surface area contributed by atoms with Crippen LogP contribution in [-0.4, -0.2) is 29.5 Å². The number of nitrogens with one attached hydrogen (secondary N) is 1. The van der Waals surface area contributed by atoms with E-state index >= 15 is 0 Å². The Morgan fingerprint density at radius 2 is 1.95 bits per heavy atom. The first kappa shape index (κ1) is 17.9. The largest absolute Gasteiger partial charge is 0.549 e. The van der Waals surface area contributed by atoms with Crippen LogP contribution in [0.15, 0.2) is 12.1 Å². The molecule has 0 aromatic heterocycles. The summed E-state index contributed by atoms with van der Waals surface area (Å²) in [7, 11) is 0. The van der Waals surface area contributed by atoms with Crippen molar-refractivity contribution < 1.29 is 19.4 Å². The van der Waals surface area contributed by atoms with E-state index in [4.69, 9.17) is 27.9 Å². The zero-order valence-electron chi connectivity index (χ0n) is 11.4. The first-order valence-corrected chi connectivity index (χ1v) is 7.93. The Bertz CT molecular complexity index is 537. The maximum atomic E-state index is 11.7. The molecule has 0 saturated carbocycles. The predicted octanol–water partition coefficient (Wildman–Crippen LogP) is 2.20. The number of carboxylic acids is 1. The highest BCUT2D eigenvalue weighted by Crippen LogP contribution is 2.34. The average molecular weight is 351 g/mol. The standard InChI is InChI=1S/C13H15Cl2NO4S/c1-7(2)20-11-4-10(8(14)3-9(11)15)16-12(17)5-21-6-13(18)19/h3-4,7H,5-6H2,1-2H3,(H,16,17)(H,18,19)/p-1. The van der Waals surface area contributed by atoms with Gasteiger partial charge in [-0.15, -0.1) is 11.8 Å². The molecule has 8 heteroatoms. The summed E-state index contributed by atoms with van der Waals surface area (Å²) >= 11 is 12.9. The molecule has 0 spiro atoms. The number of carbonyl (C=O) groups excluding carboxylic acids is 2. The maximum Gasteiger partial charge on any atom is 0.234 e. The number of hydrogen-bond acceptors (Lipinski definition) is 5. The number of benzene rings is 1. The second-order valence-electron chi connectivity index (χ2n) is 4.34. The third-order valence-electron chi connectivity index (χ3n) is 2.11. The smallest absolute Gasteiger partial charge is 0.234 e. The van der Waals surface area contributed by atoms with Crippen molar-refractivity contribution in [2.24, 2.45) is 0 Å². The zero-order valence-corrected chi connectivity index (χ0v) is 13.8. The zero-order chi connectivity index (χ0) is 16.0. The van der Waals surface area contributed by atoms with E-state index in [9.17, 15) is 14.7 Å². The number of amides is 1. The molecule has 1 rings (SSSR count). The van der Waals surface area contributed by atoms with Gasteiger partial charge in [0.15, 0.2) is 0 Å². The molecule has 0 saturated heterocycles. The molecule has 1 amide bonds. The van der Waals surface area contributed by atoms with Gasteiger partial charge in [0.05, 0.1) is 33.6 Å². The molecule has 0 heterocycles. The molecule has 21 heavy (non-hydrogen) atoms. The Morgan fingerprint density at radius 1 is 1.29 bits per heavy atom. The van der Waals surface area contributed by atoms with Gasteiger partial charge in [-0.3, -0.25) is 4.79 Å². The fourth-order valence-electron chi connectivity index (χ4n) is 1.38. The molecule has 0 fully saturated rings. The second-order valence-corrected chi connectivity index (χ2v) is 6.14. The number of halogens is 2. The molecule has 116 valence electrons. The number of thioether (sulfide) groups is 1. The van der Waals surface area contributed by atoms with Gasteiger partial charge in [-0.2, -0.15) is 0 Å². The van der Waals surface area contributed by atoms with Crippen LogP contribution in [0.1, 0.15) is 13.8 Å². The molecule has 0 aliphatic rings. The highest BCUT2D eigenvalue weighted by Gasteiger charge is 2.12. The van der Waals surface area contributed by atoms with Crippen LogP contribution in [0.25, 0.3) is 0 Å². The van der Waals surface area contributed by atoms with Crippen LogP contribution in [0, 0.1) is 0 Å². The van der Waals surface area contributed by atoms with E-state index in [0.29, 0.717) is 16.5 Å². The molecular weight excluding hydrogens is 337 g/mol. The van der Waals surface area contributed by atoms with Crippen molar-refractivity contribution in [1.82, 2.24) is 0 Å². The minimum atomic E-state index is -1.22. The number of ether oxygens (including phenoxy) is 1. The van der Waals surface area contributed by atoms with Crippen LogP contribution in [0.5, 0.6) is 5.75 Å². The SMILES string of the molecule is CC(C)Oc1cc(NC(=O)CSCC(=O)[O-])c(Cl)cc1Cl. The molecule has 1 N–H and O–H groups in total. The molecule has 1 aromatic rings. The Kier molecular flexibility index (Phi) is 7.14. The van der Waals surface area contributed by atoms with Gasteiger partial charge in [-0.05, 0) is 19.9 Å². The van der Waals surface area contributed by atoms with E-state index in [1.807, 2.05) is 13.8 Å².